The van der Waals surface area contributed by atoms with Crippen molar-refractivity contribution in [1.29, 1.82) is 0 Å². The number of amides is 2. The minimum absolute atomic E-state index is 0.0408. The van der Waals surface area contributed by atoms with Crippen LogP contribution in [0.1, 0.15) is 32.3 Å². The first-order valence-corrected chi connectivity index (χ1v) is 8.85. The predicted octanol–water partition coefficient (Wildman–Crippen LogP) is 1.92. The van der Waals surface area contributed by atoms with Gasteiger partial charge < -0.3 is 14.9 Å². The molecule has 2 fully saturated rings. The summed E-state index contributed by atoms with van der Waals surface area (Å²) in [6.45, 7) is 4.65. The van der Waals surface area contributed by atoms with Gasteiger partial charge in [-0.3, -0.25) is 14.4 Å². The molecule has 25 heavy (non-hydrogen) atoms. The van der Waals surface area contributed by atoms with Gasteiger partial charge in [0.05, 0.1) is 11.8 Å². The maximum atomic E-state index is 12.9. The normalized spacial score (nSPS) is 26.3. The molecule has 3 rings (SSSR count). The van der Waals surface area contributed by atoms with E-state index >= 15 is 0 Å². The molecule has 6 nitrogen and oxygen atoms in total. The Labute approximate surface area is 147 Å². The van der Waals surface area contributed by atoms with Gasteiger partial charge in [-0.2, -0.15) is 0 Å². The van der Waals surface area contributed by atoms with E-state index in [0.717, 1.165) is 17.7 Å². The summed E-state index contributed by atoms with van der Waals surface area (Å²) in [4.78, 5) is 40.0. The van der Waals surface area contributed by atoms with Crippen molar-refractivity contribution in [3.63, 3.8) is 0 Å². The number of benzene rings is 1. The standard InChI is InChI=1S/C19H24N2O4/c1-3-13-6-4-5-7-16(13)21-11-14(10-17(21)22)18(23)20-9-8-15(12(20)2)19(24)25/h4-7,12,14-15H,3,8-11H2,1-2H3,(H,24,25). The lowest BCUT2D eigenvalue weighted by Crippen LogP contribution is -2.41. The molecule has 1 N–H and O–H groups in total. The quantitative estimate of drug-likeness (QED) is 0.905. The van der Waals surface area contributed by atoms with Crippen LogP contribution in [-0.2, 0) is 20.8 Å². The van der Waals surface area contributed by atoms with Crippen LogP contribution in [0.15, 0.2) is 24.3 Å². The van der Waals surface area contributed by atoms with Gasteiger partial charge in [-0.15, -0.1) is 0 Å². The molecule has 2 heterocycles. The molecule has 0 radical (unpaired) electrons. The topological polar surface area (TPSA) is 77.9 Å². The lowest BCUT2D eigenvalue weighted by molar-refractivity contribution is -0.143. The maximum Gasteiger partial charge on any atom is 0.308 e. The zero-order valence-corrected chi connectivity index (χ0v) is 14.6. The molecule has 0 saturated carbocycles. The average molecular weight is 344 g/mol. The smallest absolute Gasteiger partial charge is 0.308 e. The molecule has 0 bridgehead atoms. The molecule has 134 valence electrons. The summed E-state index contributed by atoms with van der Waals surface area (Å²) in [7, 11) is 0. The molecule has 0 spiro atoms. The summed E-state index contributed by atoms with van der Waals surface area (Å²) in [6, 6.07) is 7.44. The van der Waals surface area contributed by atoms with Gasteiger partial charge in [0.2, 0.25) is 11.8 Å². The second-order valence-corrected chi connectivity index (χ2v) is 6.89. The molecule has 2 aliphatic rings. The van der Waals surface area contributed by atoms with Crippen LogP contribution in [0.2, 0.25) is 0 Å². The number of carboxylic acid groups (broad SMARTS) is 1. The van der Waals surface area contributed by atoms with Crippen molar-refractivity contribution in [1.82, 2.24) is 4.90 Å². The SMILES string of the molecule is CCc1ccccc1N1CC(C(=O)N2CCC(C(=O)O)C2C)CC1=O. The number of rotatable bonds is 4. The minimum atomic E-state index is -0.858. The fourth-order valence-electron chi connectivity index (χ4n) is 3.99. The van der Waals surface area contributed by atoms with Crippen molar-refractivity contribution in [3.05, 3.63) is 29.8 Å². The fraction of sp³-hybridized carbons (Fsp3) is 0.526. The van der Waals surface area contributed by atoms with Gasteiger partial charge in [-0.05, 0) is 31.4 Å². The number of aliphatic carboxylic acids is 1. The molecule has 2 saturated heterocycles. The van der Waals surface area contributed by atoms with Gasteiger partial charge in [-0.25, -0.2) is 0 Å². The lowest BCUT2D eigenvalue weighted by Gasteiger charge is -2.26. The van der Waals surface area contributed by atoms with Gasteiger partial charge in [0, 0.05) is 31.2 Å². The minimum Gasteiger partial charge on any atom is -0.481 e. The average Bonchev–Trinajstić information content (AvgIpc) is 3.17. The Hall–Kier alpha value is -2.37. The third kappa shape index (κ3) is 3.13. The zero-order valence-electron chi connectivity index (χ0n) is 14.6. The molecular weight excluding hydrogens is 320 g/mol. The summed E-state index contributed by atoms with van der Waals surface area (Å²) in [5, 5.41) is 9.24. The molecule has 3 unspecified atom stereocenters. The lowest BCUT2D eigenvalue weighted by atomic mass is 10.0. The Morgan fingerprint density at radius 3 is 2.64 bits per heavy atom. The number of carbonyl (C=O) groups is 3. The Morgan fingerprint density at radius 2 is 2.00 bits per heavy atom. The fourth-order valence-corrected chi connectivity index (χ4v) is 3.99. The molecule has 6 heteroatoms. The van der Waals surface area contributed by atoms with Crippen molar-refractivity contribution >= 4 is 23.5 Å². The van der Waals surface area contributed by atoms with E-state index < -0.39 is 17.8 Å². The van der Waals surface area contributed by atoms with Gasteiger partial charge >= 0.3 is 5.97 Å². The number of carbonyl (C=O) groups excluding carboxylic acids is 2. The van der Waals surface area contributed by atoms with E-state index in [1.165, 1.54) is 0 Å². The largest absolute Gasteiger partial charge is 0.481 e. The number of para-hydroxylation sites is 1. The van der Waals surface area contributed by atoms with Crippen molar-refractivity contribution in [3.8, 4) is 0 Å². The summed E-state index contributed by atoms with van der Waals surface area (Å²) in [6.07, 6.45) is 1.49. The van der Waals surface area contributed by atoms with E-state index in [9.17, 15) is 19.5 Å². The van der Waals surface area contributed by atoms with E-state index in [0.29, 0.717) is 19.5 Å². The van der Waals surface area contributed by atoms with Gasteiger partial charge in [0.15, 0.2) is 0 Å². The molecule has 2 amide bonds. The van der Waals surface area contributed by atoms with E-state index in [4.69, 9.17) is 0 Å². The molecule has 1 aromatic rings. The predicted molar refractivity (Wildman–Crippen MR) is 93.2 cm³/mol. The number of nitrogens with zero attached hydrogens (tertiary/aromatic N) is 2. The highest BCUT2D eigenvalue weighted by molar-refractivity contribution is 6.01. The Balaban J connectivity index is 1.74. The molecule has 0 aliphatic carbocycles. The summed E-state index contributed by atoms with van der Waals surface area (Å²) < 4.78 is 0. The van der Waals surface area contributed by atoms with E-state index in [1.807, 2.05) is 31.2 Å². The zero-order chi connectivity index (χ0) is 18.1. The van der Waals surface area contributed by atoms with Crippen LogP contribution in [-0.4, -0.2) is 46.9 Å². The second-order valence-electron chi connectivity index (χ2n) is 6.89. The van der Waals surface area contributed by atoms with Crippen LogP contribution in [0.5, 0.6) is 0 Å². The Morgan fingerprint density at radius 1 is 1.28 bits per heavy atom. The number of anilines is 1. The van der Waals surface area contributed by atoms with E-state index in [2.05, 4.69) is 0 Å². The van der Waals surface area contributed by atoms with Crippen molar-refractivity contribution in [2.75, 3.05) is 18.0 Å². The third-order valence-corrected chi connectivity index (χ3v) is 5.49. The van der Waals surface area contributed by atoms with Crippen molar-refractivity contribution < 1.29 is 19.5 Å². The van der Waals surface area contributed by atoms with Crippen LogP contribution in [0.3, 0.4) is 0 Å². The molecule has 0 aromatic heterocycles. The van der Waals surface area contributed by atoms with E-state index in [1.54, 1.807) is 16.7 Å². The molecular formula is C19H24N2O4. The number of aryl methyl sites for hydroxylation is 1. The van der Waals surface area contributed by atoms with Crippen LogP contribution >= 0.6 is 0 Å². The number of hydrogen-bond donors (Lipinski definition) is 1. The molecule has 1 aromatic carbocycles. The van der Waals surface area contributed by atoms with Crippen molar-refractivity contribution in [2.45, 2.75) is 39.2 Å². The first-order chi connectivity index (χ1) is 11.9. The highest BCUT2D eigenvalue weighted by Gasteiger charge is 2.43. The van der Waals surface area contributed by atoms with Crippen LogP contribution < -0.4 is 4.90 Å². The molecule has 3 atom stereocenters. The third-order valence-electron chi connectivity index (χ3n) is 5.49. The maximum absolute atomic E-state index is 12.9. The highest BCUT2D eigenvalue weighted by Crippen LogP contribution is 2.32. The first-order valence-electron chi connectivity index (χ1n) is 8.85. The second kappa shape index (κ2) is 6.86. The molecule has 2 aliphatic heterocycles. The number of likely N-dealkylation sites (tertiary alicyclic amines) is 1. The Bertz CT molecular complexity index is 702. The van der Waals surface area contributed by atoms with Crippen LogP contribution in [0, 0.1) is 11.8 Å². The summed E-state index contributed by atoms with van der Waals surface area (Å²) >= 11 is 0. The Kier molecular flexibility index (Phi) is 4.79. The van der Waals surface area contributed by atoms with Gasteiger partial charge in [0.1, 0.15) is 0 Å². The van der Waals surface area contributed by atoms with Crippen LogP contribution in [0.25, 0.3) is 0 Å². The summed E-state index contributed by atoms with van der Waals surface area (Å²) in [5.41, 5.74) is 1.97. The van der Waals surface area contributed by atoms with Gasteiger partial charge in [0.25, 0.3) is 0 Å². The first kappa shape index (κ1) is 17.5. The monoisotopic (exact) mass is 344 g/mol. The van der Waals surface area contributed by atoms with Crippen molar-refractivity contribution in [2.24, 2.45) is 11.8 Å². The number of carboxylic acids is 1. The summed E-state index contributed by atoms with van der Waals surface area (Å²) in [5.74, 6) is -1.91. The number of hydrogen-bond acceptors (Lipinski definition) is 3. The van der Waals surface area contributed by atoms with Gasteiger partial charge in [-0.1, -0.05) is 25.1 Å². The van der Waals surface area contributed by atoms with Crippen LogP contribution in [0.4, 0.5) is 5.69 Å². The highest BCUT2D eigenvalue weighted by atomic mass is 16.4. The van der Waals surface area contributed by atoms with E-state index in [-0.39, 0.29) is 24.3 Å².